The van der Waals surface area contributed by atoms with Gasteiger partial charge in [0.05, 0.1) is 4.34 Å². The highest BCUT2D eigenvalue weighted by molar-refractivity contribution is 7.16. The molecule has 0 bridgehead atoms. The van der Waals surface area contributed by atoms with Gasteiger partial charge in [-0.1, -0.05) is 11.6 Å². The molecule has 1 rings (SSSR count). The molecule has 0 saturated carbocycles. The molecule has 2 atom stereocenters. The number of halogens is 3. The van der Waals surface area contributed by atoms with Crippen molar-refractivity contribution in [1.82, 2.24) is 0 Å². The molecule has 0 radical (unpaired) electrons. The average molecular weight is 256 g/mol. The lowest BCUT2D eigenvalue weighted by atomic mass is 10.1. The fourth-order valence-corrected chi connectivity index (χ4v) is 2.38. The van der Waals surface area contributed by atoms with Crippen molar-refractivity contribution in [3.8, 4) is 0 Å². The Morgan fingerprint density at radius 3 is 2.60 bits per heavy atom. The SMILES string of the molecule is CC(N)C(OCC(F)F)c1ccc(Cl)s1. The molecule has 2 N–H and O–H groups in total. The molecule has 6 heteroatoms. The van der Waals surface area contributed by atoms with Crippen LogP contribution in [0.1, 0.15) is 17.9 Å². The first-order valence-corrected chi connectivity index (χ1v) is 5.60. The second-order valence-electron chi connectivity index (χ2n) is 3.15. The molecular formula is C9H12ClF2NOS. The van der Waals surface area contributed by atoms with Crippen LogP contribution in [0.4, 0.5) is 8.78 Å². The van der Waals surface area contributed by atoms with Gasteiger partial charge in [-0.3, -0.25) is 0 Å². The number of hydrogen-bond acceptors (Lipinski definition) is 3. The monoisotopic (exact) mass is 255 g/mol. The summed E-state index contributed by atoms with van der Waals surface area (Å²) in [4.78, 5) is 0.774. The van der Waals surface area contributed by atoms with Gasteiger partial charge in [0.1, 0.15) is 12.7 Å². The van der Waals surface area contributed by atoms with Crippen LogP contribution in [0.2, 0.25) is 4.34 Å². The number of rotatable bonds is 5. The Bertz CT molecular complexity index is 306. The minimum atomic E-state index is -2.48. The van der Waals surface area contributed by atoms with Gasteiger partial charge in [0, 0.05) is 10.9 Å². The maximum Gasteiger partial charge on any atom is 0.261 e. The van der Waals surface area contributed by atoms with E-state index in [1.165, 1.54) is 11.3 Å². The van der Waals surface area contributed by atoms with E-state index in [9.17, 15) is 8.78 Å². The zero-order valence-electron chi connectivity index (χ0n) is 8.12. The van der Waals surface area contributed by atoms with Gasteiger partial charge in [0.2, 0.25) is 0 Å². The van der Waals surface area contributed by atoms with Crippen molar-refractivity contribution in [3.05, 3.63) is 21.3 Å². The molecule has 2 nitrogen and oxygen atoms in total. The lowest BCUT2D eigenvalue weighted by Gasteiger charge is -2.19. The maximum atomic E-state index is 12.0. The predicted molar refractivity (Wildman–Crippen MR) is 57.7 cm³/mol. The fraction of sp³-hybridized carbons (Fsp3) is 0.556. The van der Waals surface area contributed by atoms with Crippen LogP contribution in [0.3, 0.4) is 0 Å². The molecule has 1 aromatic rings. The normalized spacial score (nSPS) is 15.6. The number of thiophene rings is 1. The van der Waals surface area contributed by atoms with E-state index in [1.807, 2.05) is 0 Å². The quantitative estimate of drug-likeness (QED) is 0.878. The fourth-order valence-electron chi connectivity index (χ4n) is 1.15. The van der Waals surface area contributed by atoms with E-state index in [-0.39, 0.29) is 6.04 Å². The minimum Gasteiger partial charge on any atom is -0.365 e. The van der Waals surface area contributed by atoms with Crippen molar-refractivity contribution < 1.29 is 13.5 Å². The zero-order valence-corrected chi connectivity index (χ0v) is 9.69. The summed E-state index contributed by atoms with van der Waals surface area (Å²) in [6.45, 7) is 1.10. The van der Waals surface area contributed by atoms with Crippen molar-refractivity contribution in [2.75, 3.05) is 6.61 Å². The highest BCUT2D eigenvalue weighted by atomic mass is 35.5. The van der Waals surface area contributed by atoms with E-state index >= 15 is 0 Å². The van der Waals surface area contributed by atoms with Crippen molar-refractivity contribution in [1.29, 1.82) is 0 Å². The molecule has 0 aliphatic heterocycles. The van der Waals surface area contributed by atoms with E-state index in [4.69, 9.17) is 22.1 Å². The van der Waals surface area contributed by atoms with Crippen LogP contribution >= 0.6 is 22.9 Å². The Hall–Kier alpha value is -0.230. The van der Waals surface area contributed by atoms with Crippen LogP contribution in [0.5, 0.6) is 0 Å². The van der Waals surface area contributed by atoms with Crippen LogP contribution in [-0.4, -0.2) is 19.1 Å². The second-order valence-corrected chi connectivity index (χ2v) is 4.89. The molecule has 0 spiro atoms. The lowest BCUT2D eigenvalue weighted by Crippen LogP contribution is -2.27. The van der Waals surface area contributed by atoms with Gasteiger partial charge in [-0.15, -0.1) is 11.3 Å². The Kier molecular flexibility index (Phi) is 4.92. The highest BCUT2D eigenvalue weighted by Gasteiger charge is 2.20. The van der Waals surface area contributed by atoms with Crippen LogP contribution in [-0.2, 0) is 4.74 Å². The van der Waals surface area contributed by atoms with Gasteiger partial charge in [0.15, 0.2) is 0 Å². The Morgan fingerprint density at radius 2 is 2.20 bits per heavy atom. The summed E-state index contributed by atoms with van der Waals surface area (Å²) in [7, 11) is 0. The van der Waals surface area contributed by atoms with E-state index in [0.29, 0.717) is 4.34 Å². The summed E-state index contributed by atoms with van der Waals surface area (Å²) < 4.78 is 29.6. The van der Waals surface area contributed by atoms with Gasteiger partial charge in [-0.05, 0) is 19.1 Å². The summed E-state index contributed by atoms with van der Waals surface area (Å²) in [6, 6.07) is 3.09. The van der Waals surface area contributed by atoms with E-state index < -0.39 is 19.1 Å². The van der Waals surface area contributed by atoms with Gasteiger partial charge in [-0.2, -0.15) is 0 Å². The van der Waals surface area contributed by atoms with Crippen LogP contribution in [0.15, 0.2) is 12.1 Å². The first-order valence-electron chi connectivity index (χ1n) is 4.41. The van der Waals surface area contributed by atoms with Crippen LogP contribution < -0.4 is 5.73 Å². The van der Waals surface area contributed by atoms with E-state index in [2.05, 4.69) is 0 Å². The average Bonchev–Trinajstić information content (AvgIpc) is 2.51. The Labute approximate surface area is 96.0 Å². The predicted octanol–water partition coefficient (Wildman–Crippen LogP) is 3.07. The van der Waals surface area contributed by atoms with Crippen molar-refractivity contribution in [3.63, 3.8) is 0 Å². The summed E-state index contributed by atoms with van der Waals surface area (Å²) in [5.74, 6) is 0. The van der Waals surface area contributed by atoms with Crippen LogP contribution in [0.25, 0.3) is 0 Å². The Morgan fingerprint density at radius 1 is 1.53 bits per heavy atom. The first kappa shape index (κ1) is 12.8. The van der Waals surface area contributed by atoms with E-state index in [0.717, 1.165) is 4.88 Å². The molecule has 86 valence electrons. The van der Waals surface area contributed by atoms with Gasteiger partial charge < -0.3 is 10.5 Å². The molecule has 0 aliphatic rings. The number of nitrogens with two attached hydrogens (primary N) is 1. The maximum absolute atomic E-state index is 12.0. The number of alkyl halides is 2. The molecule has 0 aromatic carbocycles. The van der Waals surface area contributed by atoms with Gasteiger partial charge in [-0.25, -0.2) is 8.78 Å². The highest BCUT2D eigenvalue weighted by Crippen LogP contribution is 2.30. The largest absolute Gasteiger partial charge is 0.365 e. The summed E-state index contributed by atoms with van der Waals surface area (Å²) >= 11 is 7.04. The third kappa shape index (κ3) is 4.03. The molecule has 15 heavy (non-hydrogen) atoms. The molecule has 2 unspecified atom stereocenters. The van der Waals surface area contributed by atoms with Gasteiger partial charge >= 0.3 is 0 Å². The molecule has 1 aromatic heterocycles. The van der Waals surface area contributed by atoms with Gasteiger partial charge in [0.25, 0.3) is 6.43 Å². The van der Waals surface area contributed by atoms with Crippen molar-refractivity contribution in [2.45, 2.75) is 25.5 Å². The van der Waals surface area contributed by atoms with E-state index in [1.54, 1.807) is 19.1 Å². The van der Waals surface area contributed by atoms with Crippen molar-refractivity contribution in [2.24, 2.45) is 5.73 Å². The summed E-state index contributed by atoms with van der Waals surface area (Å²) in [6.07, 6.45) is -3.00. The third-order valence-corrected chi connectivity index (χ3v) is 3.05. The standard InChI is InChI=1S/C9H12ClF2NOS/c1-5(13)9(14-4-8(11)12)6-2-3-7(10)15-6/h2-3,5,8-9H,4,13H2,1H3. The second kappa shape index (κ2) is 5.75. The molecular weight excluding hydrogens is 244 g/mol. The molecule has 0 amide bonds. The first-order chi connectivity index (χ1) is 7.00. The number of hydrogen-bond donors (Lipinski definition) is 1. The number of ether oxygens (including phenoxy) is 1. The third-order valence-electron chi connectivity index (χ3n) is 1.75. The summed E-state index contributed by atoms with van der Waals surface area (Å²) in [5, 5.41) is 0. The molecule has 0 saturated heterocycles. The van der Waals surface area contributed by atoms with Crippen molar-refractivity contribution >= 4 is 22.9 Å². The minimum absolute atomic E-state index is 0.349. The zero-order chi connectivity index (χ0) is 11.4. The Balaban J connectivity index is 2.66. The molecule has 0 fully saturated rings. The lowest BCUT2D eigenvalue weighted by molar-refractivity contribution is -0.0312. The smallest absolute Gasteiger partial charge is 0.261 e. The molecule has 1 heterocycles. The van der Waals surface area contributed by atoms with Crippen LogP contribution in [0, 0.1) is 0 Å². The summed E-state index contributed by atoms with van der Waals surface area (Å²) in [5.41, 5.74) is 5.66. The molecule has 0 aliphatic carbocycles. The topological polar surface area (TPSA) is 35.2 Å².